The van der Waals surface area contributed by atoms with Crippen LogP contribution in [0.1, 0.15) is 22.8 Å². The summed E-state index contributed by atoms with van der Waals surface area (Å²) in [6, 6.07) is 2.88. The Hall–Kier alpha value is -2.46. The summed E-state index contributed by atoms with van der Waals surface area (Å²) in [6.07, 6.45) is 1.29. The number of nitrogens with zero attached hydrogens (tertiary/aromatic N) is 1. The van der Waals surface area contributed by atoms with Gasteiger partial charge in [-0.1, -0.05) is 0 Å². The molecule has 7 nitrogen and oxygen atoms in total. The quantitative estimate of drug-likeness (QED) is 0.533. The number of carbonyl (C=O) groups excluding carboxylic acids is 2. The smallest absolute Gasteiger partial charge is 0.356 e. The second kappa shape index (κ2) is 7.88. The van der Waals surface area contributed by atoms with E-state index in [2.05, 4.69) is 10.3 Å². The molecular weight excluding hydrogens is 355 g/mol. The van der Waals surface area contributed by atoms with Crippen molar-refractivity contribution in [3.63, 3.8) is 0 Å². The third-order valence-electron chi connectivity index (χ3n) is 2.87. The van der Waals surface area contributed by atoms with Gasteiger partial charge in [-0.15, -0.1) is 11.3 Å². The van der Waals surface area contributed by atoms with Gasteiger partial charge in [-0.25, -0.2) is 9.78 Å². The fourth-order valence-electron chi connectivity index (χ4n) is 1.80. The number of rotatable bonds is 6. The first kappa shape index (κ1) is 17.9. The maximum absolute atomic E-state index is 12.4. The number of nitrogens with one attached hydrogen (secondary N) is 2. The van der Waals surface area contributed by atoms with Crippen LogP contribution in [0.3, 0.4) is 0 Å². The zero-order valence-electron chi connectivity index (χ0n) is 12.5. The molecule has 2 rings (SSSR count). The largest absolute Gasteiger partial charge is 0.461 e. The van der Waals surface area contributed by atoms with Crippen molar-refractivity contribution >= 4 is 51.8 Å². The van der Waals surface area contributed by atoms with Crippen molar-refractivity contribution in [3.8, 4) is 0 Å². The second-order valence-electron chi connectivity index (χ2n) is 4.40. The molecule has 0 saturated carbocycles. The van der Waals surface area contributed by atoms with Gasteiger partial charge in [-0.3, -0.25) is 10.2 Å². The molecule has 4 N–H and O–H groups in total. The van der Waals surface area contributed by atoms with Crippen LogP contribution in [0.25, 0.3) is 0 Å². The first-order valence-corrected chi connectivity index (χ1v) is 8.26. The van der Waals surface area contributed by atoms with Crippen molar-refractivity contribution < 1.29 is 18.2 Å². The normalized spacial score (nSPS) is 10.2. The molecule has 0 aromatic carbocycles. The van der Waals surface area contributed by atoms with E-state index in [1.54, 1.807) is 6.92 Å². The number of halogens is 1. The topological polar surface area (TPSA) is 118 Å². The molecule has 0 unspecified atom stereocenters. The lowest BCUT2D eigenvalue weighted by Crippen LogP contribution is -2.22. The van der Waals surface area contributed by atoms with Gasteiger partial charge in [0.15, 0.2) is 0 Å². The summed E-state index contributed by atoms with van der Waals surface area (Å²) in [5.41, 5.74) is 5.79. The third-order valence-corrected chi connectivity index (χ3v) is 4.08. The van der Waals surface area contributed by atoms with Gasteiger partial charge in [0.1, 0.15) is 22.9 Å². The summed E-state index contributed by atoms with van der Waals surface area (Å²) in [6.45, 7) is 1.74. The second-order valence-corrected chi connectivity index (χ2v) is 5.88. The summed E-state index contributed by atoms with van der Waals surface area (Å²) in [5, 5.41) is 12.2. The molecule has 2 aromatic rings. The van der Waals surface area contributed by atoms with Crippen LogP contribution in [-0.4, -0.2) is 29.2 Å². The lowest BCUT2D eigenvalue weighted by atomic mass is 10.1. The Morgan fingerprint density at radius 1 is 1.50 bits per heavy atom. The monoisotopic (exact) mass is 368 g/mol. The zero-order valence-corrected chi connectivity index (χ0v) is 14.1. The maximum atomic E-state index is 12.4. The van der Waals surface area contributed by atoms with Crippen molar-refractivity contribution in [2.45, 2.75) is 11.9 Å². The molecule has 0 saturated heterocycles. The number of aromatic nitrogens is 1. The molecule has 0 fully saturated rings. The van der Waals surface area contributed by atoms with Crippen LogP contribution in [-0.2, 0) is 9.53 Å². The number of nitrogen functional groups attached to an aromatic ring is 1. The van der Waals surface area contributed by atoms with Gasteiger partial charge in [0.25, 0.3) is 5.91 Å². The predicted octanol–water partition coefficient (Wildman–Crippen LogP) is 2.89. The predicted molar refractivity (Wildman–Crippen MR) is 91.3 cm³/mol. The van der Waals surface area contributed by atoms with E-state index in [4.69, 9.17) is 15.9 Å². The number of hydrogen-bond acceptors (Lipinski definition) is 8. The SMILES string of the molecule is CCOC(=O)C(=N)c1csc(N)c1C(=O)Nc1ccc(SF)nc1. The van der Waals surface area contributed by atoms with E-state index in [-0.39, 0.29) is 39.9 Å². The highest BCUT2D eigenvalue weighted by Crippen LogP contribution is 2.27. The molecule has 24 heavy (non-hydrogen) atoms. The molecule has 10 heteroatoms. The molecule has 126 valence electrons. The van der Waals surface area contributed by atoms with Gasteiger partial charge < -0.3 is 15.8 Å². The van der Waals surface area contributed by atoms with E-state index >= 15 is 0 Å². The maximum Gasteiger partial charge on any atom is 0.356 e. The Labute approximate surface area is 145 Å². The Bertz CT molecular complexity index is 777. The fourth-order valence-corrected chi connectivity index (χ4v) is 2.81. The molecule has 0 aliphatic rings. The third kappa shape index (κ3) is 3.89. The standard InChI is InChI=1S/C14H13FN4O3S2/c1-2-22-14(21)11(16)8-6-23-12(17)10(8)13(20)19-7-3-4-9(24-15)18-5-7/h3-6,16H,2,17H2,1H3,(H,19,20). The van der Waals surface area contributed by atoms with Crippen LogP contribution in [0.5, 0.6) is 0 Å². The van der Waals surface area contributed by atoms with Crippen molar-refractivity contribution in [2.75, 3.05) is 17.7 Å². The molecule has 0 radical (unpaired) electrons. The van der Waals surface area contributed by atoms with E-state index in [1.165, 1.54) is 23.7 Å². The molecule has 2 heterocycles. The van der Waals surface area contributed by atoms with Crippen molar-refractivity contribution in [3.05, 3.63) is 34.8 Å². The number of nitrogens with two attached hydrogens (primary N) is 1. The van der Waals surface area contributed by atoms with Crippen LogP contribution in [0.4, 0.5) is 14.6 Å². The van der Waals surface area contributed by atoms with Crippen LogP contribution >= 0.6 is 23.5 Å². The van der Waals surface area contributed by atoms with Crippen LogP contribution in [0, 0.1) is 5.41 Å². The average molecular weight is 368 g/mol. The highest BCUT2D eigenvalue weighted by atomic mass is 32.2. The van der Waals surface area contributed by atoms with E-state index in [0.29, 0.717) is 5.69 Å². The summed E-state index contributed by atoms with van der Waals surface area (Å²) >= 11 is 1.03. The summed E-state index contributed by atoms with van der Waals surface area (Å²) in [4.78, 5) is 27.9. The Morgan fingerprint density at radius 3 is 2.83 bits per heavy atom. The molecule has 0 aliphatic carbocycles. The molecule has 0 bridgehead atoms. The zero-order chi connectivity index (χ0) is 17.7. The van der Waals surface area contributed by atoms with E-state index in [9.17, 15) is 13.5 Å². The Kier molecular flexibility index (Phi) is 5.88. The minimum absolute atomic E-state index is 0.0109. The van der Waals surface area contributed by atoms with Gasteiger partial charge in [0.2, 0.25) is 0 Å². The first-order chi connectivity index (χ1) is 11.5. The number of amides is 1. The summed E-state index contributed by atoms with van der Waals surface area (Å²) in [5.74, 6) is -1.43. The van der Waals surface area contributed by atoms with Crippen LogP contribution < -0.4 is 11.1 Å². The lowest BCUT2D eigenvalue weighted by Gasteiger charge is -2.08. The van der Waals surface area contributed by atoms with Gasteiger partial charge in [-0.2, -0.15) is 3.89 Å². The Morgan fingerprint density at radius 2 is 2.25 bits per heavy atom. The average Bonchev–Trinajstić information content (AvgIpc) is 2.96. The van der Waals surface area contributed by atoms with Gasteiger partial charge in [-0.05, 0) is 19.1 Å². The van der Waals surface area contributed by atoms with Crippen molar-refractivity contribution in [1.29, 1.82) is 5.41 Å². The van der Waals surface area contributed by atoms with E-state index < -0.39 is 17.6 Å². The van der Waals surface area contributed by atoms with Crippen LogP contribution in [0.2, 0.25) is 0 Å². The number of carbonyl (C=O) groups is 2. The minimum Gasteiger partial charge on any atom is -0.461 e. The molecule has 2 aromatic heterocycles. The molecular formula is C14H13FN4O3S2. The number of anilines is 2. The molecule has 1 amide bonds. The molecule has 0 spiro atoms. The highest BCUT2D eigenvalue weighted by Gasteiger charge is 2.24. The van der Waals surface area contributed by atoms with Crippen molar-refractivity contribution in [2.24, 2.45) is 0 Å². The molecule has 0 atom stereocenters. The van der Waals surface area contributed by atoms with Gasteiger partial charge >= 0.3 is 5.97 Å². The van der Waals surface area contributed by atoms with Crippen LogP contribution in [0.15, 0.2) is 28.7 Å². The summed E-state index contributed by atoms with van der Waals surface area (Å²) in [7, 11) is 0. The highest BCUT2D eigenvalue weighted by molar-refractivity contribution is 7.94. The van der Waals surface area contributed by atoms with Gasteiger partial charge in [0, 0.05) is 10.9 Å². The minimum atomic E-state index is -0.838. The van der Waals surface area contributed by atoms with Crippen molar-refractivity contribution in [1.82, 2.24) is 4.98 Å². The number of thiophene rings is 1. The van der Waals surface area contributed by atoms with Gasteiger partial charge in [0.05, 0.1) is 29.1 Å². The Balaban J connectivity index is 2.24. The first-order valence-electron chi connectivity index (χ1n) is 6.66. The lowest BCUT2D eigenvalue weighted by molar-refractivity contribution is -0.135. The number of pyridine rings is 1. The molecule has 0 aliphatic heterocycles. The number of esters is 1. The number of ether oxygens (including phenoxy) is 1. The summed E-state index contributed by atoms with van der Waals surface area (Å²) < 4.78 is 17.1. The van der Waals surface area contributed by atoms with E-state index in [0.717, 1.165) is 11.3 Å². The fraction of sp³-hybridized carbons (Fsp3) is 0.143. The number of hydrogen-bond donors (Lipinski definition) is 3. The van der Waals surface area contributed by atoms with E-state index in [1.807, 2.05) is 0 Å².